The van der Waals surface area contributed by atoms with Crippen LogP contribution in [0, 0.1) is 11.8 Å². The molecule has 0 aromatic heterocycles. The van der Waals surface area contributed by atoms with Gasteiger partial charge in [0.15, 0.2) is 0 Å². The summed E-state index contributed by atoms with van der Waals surface area (Å²) in [6.07, 6.45) is 20.7. The molecule has 1 saturated carbocycles. The second kappa shape index (κ2) is 11.5. The van der Waals surface area contributed by atoms with Crippen molar-refractivity contribution in [2.45, 2.75) is 48.0 Å². The van der Waals surface area contributed by atoms with Crippen molar-refractivity contribution in [2.75, 3.05) is 12.3 Å². The Morgan fingerprint density at radius 3 is 2.43 bits per heavy atom. The summed E-state index contributed by atoms with van der Waals surface area (Å²) in [6, 6.07) is 9.32. The second-order valence-electron chi connectivity index (χ2n) is 7.98. The van der Waals surface area contributed by atoms with Crippen LogP contribution < -0.4 is 24.8 Å². The largest absolute Gasteiger partial charge is 1.00 e. The van der Waals surface area contributed by atoms with E-state index in [1.165, 1.54) is 38.0 Å². The van der Waals surface area contributed by atoms with E-state index in [-0.39, 0.29) is 51.9 Å². The van der Waals surface area contributed by atoms with Gasteiger partial charge in [-0.05, 0) is 0 Å². The molecule has 4 atom stereocenters. The zero-order chi connectivity index (χ0) is 17.9. The van der Waals surface area contributed by atoms with Crippen LogP contribution >= 0.6 is 7.92 Å². The minimum absolute atomic E-state index is 0. The summed E-state index contributed by atoms with van der Waals surface area (Å²) in [5, 5.41) is 1.88. The van der Waals surface area contributed by atoms with Crippen molar-refractivity contribution >= 4 is 14.0 Å². The van der Waals surface area contributed by atoms with Gasteiger partial charge >= 0.3 is 170 Å². The van der Waals surface area contributed by atoms with Gasteiger partial charge in [0.2, 0.25) is 0 Å². The molecule has 3 aliphatic carbocycles. The Bertz CT molecular complexity index is 721. The first kappa shape index (κ1) is 24.4. The molecule has 4 heteroatoms. The maximum atomic E-state index is 2.63. The molecule has 1 aromatic carbocycles. The number of allylic oxidation sites excluding steroid dienone is 5. The van der Waals surface area contributed by atoms with E-state index in [0.717, 1.165) is 20.3 Å². The summed E-state index contributed by atoms with van der Waals surface area (Å²) >= 11 is -0.0174. The third kappa shape index (κ3) is 5.07. The van der Waals surface area contributed by atoms with Crippen LogP contribution in [0.3, 0.4) is 0 Å². The van der Waals surface area contributed by atoms with Crippen LogP contribution in [0.5, 0.6) is 0 Å². The van der Waals surface area contributed by atoms with Gasteiger partial charge in [-0.25, -0.2) is 0 Å². The standard InChI is InChI=1S/C15H20P.C9H11.2ClH.Ti/c1-3-9-16(10-4-2)15-11-13-7-5-6-8-14(13)12-15;1-2-5-9-7-3-6-8(9)4-1;;;/h5-8,11-12H,3-4,9-10H2,1-2H3;1-2,4-6,8-9H,3,7H2;2*1H;/q;;;;+2/p-2. The Labute approximate surface area is 194 Å². The van der Waals surface area contributed by atoms with Crippen LogP contribution in [-0.4, -0.2) is 12.3 Å². The summed E-state index contributed by atoms with van der Waals surface area (Å²) in [5.74, 6) is 1.68. The Hall–Kier alpha value is 0.164. The van der Waals surface area contributed by atoms with Gasteiger partial charge < -0.3 is 24.8 Å². The van der Waals surface area contributed by atoms with Crippen LogP contribution in [0.25, 0.3) is 6.08 Å². The molecule has 28 heavy (non-hydrogen) atoms. The first-order valence-corrected chi connectivity index (χ1v) is 14.0. The molecule has 0 amide bonds. The van der Waals surface area contributed by atoms with Crippen LogP contribution in [0.15, 0.2) is 53.9 Å². The summed E-state index contributed by atoms with van der Waals surface area (Å²) in [4.78, 5) is 0. The Morgan fingerprint density at radius 2 is 1.68 bits per heavy atom. The van der Waals surface area contributed by atoms with Gasteiger partial charge in [0.1, 0.15) is 0 Å². The van der Waals surface area contributed by atoms with Gasteiger partial charge in [0.25, 0.3) is 0 Å². The molecule has 150 valence electrons. The average molecular weight is 469 g/mol. The zero-order valence-corrected chi connectivity index (χ0v) is 20.9. The van der Waals surface area contributed by atoms with E-state index in [1.54, 1.807) is 11.1 Å². The molecule has 0 spiro atoms. The molecular weight excluding hydrogens is 438 g/mol. The van der Waals surface area contributed by atoms with E-state index in [0.29, 0.717) is 0 Å². The molecule has 0 radical (unpaired) electrons. The fraction of sp³-hybridized carbons (Fsp3) is 0.500. The fourth-order valence-electron chi connectivity index (χ4n) is 5.03. The van der Waals surface area contributed by atoms with Gasteiger partial charge in [-0.3, -0.25) is 0 Å². The first-order valence-electron chi connectivity index (χ1n) is 10.5. The van der Waals surface area contributed by atoms with Crippen molar-refractivity contribution in [2.24, 2.45) is 11.8 Å². The monoisotopic (exact) mass is 468 g/mol. The van der Waals surface area contributed by atoms with E-state index < -0.39 is 0 Å². The normalized spacial score (nSPS) is 26.8. The van der Waals surface area contributed by atoms with Crippen molar-refractivity contribution < 1.29 is 44.0 Å². The molecule has 4 unspecified atom stereocenters. The number of hydrogen-bond acceptors (Lipinski definition) is 0. The van der Waals surface area contributed by atoms with Crippen LogP contribution in [0.1, 0.15) is 54.9 Å². The molecule has 0 nitrogen and oxygen atoms in total. The third-order valence-corrected chi connectivity index (χ3v) is 12.9. The van der Waals surface area contributed by atoms with Crippen LogP contribution in [0.4, 0.5) is 0 Å². The third-order valence-electron chi connectivity index (χ3n) is 6.21. The van der Waals surface area contributed by atoms with Crippen LogP contribution in [0.2, 0.25) is 4.22 Å². The Balaban J connectivity index is 0.00000140. The first-order chi connectivity index (χ1) is 12.8. The molecular formula is C24H31Cl2PTi. The van der Waals surface area contributed by atoms with Crippen molar-refractivity contribution in [1.82, 2.24) is 0 Å². The SMILES string of the molecule is CCCP(CCC)C1=Cc2ccccc2[CH]1[Ti+2][CH]1CCC2C=CC=CC21.[Cl-].[Cl-]. The van der Waals surface area contributed by atoms with Gasteiger partial charge in [0, 0.05) is 0 Å². The van der Waals surface area contributed by atoms with Gasteiger partial charge in [-0.15, -0.1) is 0 Å². The fourth-order valence-corrected chi connectivity index (χ4v) is 12.0. The quantitative estimate of drug-likeness (QED) is 0.419. The summed E-state index contributed by atoms with van der Waals surface area (Å²) < 4.78 is 1.80. The maximum absolute atomic E-state index is 2.63. The number of benzene rings is 1. The second-order valence-corrected chi connectivity index (χ2v) is 13.1. The summed E-state index contributed by atoms with van der Waals surface area (Å²) in [7, 11) is 0.0733. The van der Waals surface area contributed by atoms with Gasteiger partial charge in [-0.1, -0.05) is 0 Å². The van der Waals surface area contributed by atoms with Crippen molar-refractivity contribution in [3.63, 3.8) is 0 Å². The number of hydrogen-bond donors (Lipinski definition) is 0. The van der Waals surface area contributed by atoms with E-state index >= 15 is 0 Å². The van der Waals surface area contributed by atoms with E-state index in [4.69, 9.17) is 0 Å². The molecule has 0 bridgehead atoms. The van der Waals surface area contributed by atoms with Crippen LogP contribution in [-0.2, 0) is 19.2 Å². The number of halogens is 2. The predicted molar refractivity (Wildman–Crippen MR) is 113 cm³/mol. The summed E-state index contributed by atoms with van der Waals surface area (Å²) in [6.45, 7) is 4.75. The van der Waals surface area contributed by atoms with E-state index in [9.17, 15) is 0 Å². The average Bonchev–Trinajstić information content (AvgIpc) is 3.24. The Morgan fingerprint density at radius 1 is 0.964 bits per heavy atom. The van der Waals surface area contributed by atoms with Crippen molar-refractivity contribution in [3.05, 3.63) is 65.0 Å². The molecule has 1 aromatic rings. The molecule has 0 heterocycles. The van der Waals surface area contributed by atoms with Crippen molar-refractivity contribution in [3.8, 4) is 0 Å². The molecule has 1 fully saturated rings. The summed E-state index contributed by atoms with van der Waals surface area (Å²) in [5.41, 5.74) is 3.23. The molecule has 3 aliphatic rings. The van der Waals surface area contributed by atoms with E-state index in [2.05, 4.69) is 68.5 Å². The van der Waals surface area contributed by atoms with Gasteiger partial charge in [0.05, 0.1) is 0 Å². The minimum atomic E-state index is -0.0174. The topological polar surface area (TPSA) is 0 Å². The maximum Gasteiger partial charge on any atom is -1.00 e. The minimum Gasteiger partial charge on any atom is -1.00 e. The smallest absolute Gasteiger partial charge is 1.00 e. The molecule has 0 N–H and O–H groups in total. The predicted octanol–water partition coefficient (Wildman–Crippen LogP) is 1.42. The Kier molecular flexibility index (Phi) is 10.1. The zero-order valence-electron chi connectivity index (χ0n) is 17.0. The van der Waals surface area contributed by atoms with E-state index in [1.807, 2.05) is 5.31 Å². The molecule has 0 aliphatic heterocycles. The number of fused-ring (bicyclic) bond motifs is 2. The van der Waals surface area contributed by atoms with Crippen molar-refractivity contribution in [1.29, 1.82) is 0 Å². The molecule has 4 rings (SSSR count). The van der Waals surface area contributed by atoms with Gasteiger partial charge in [-0.2, -0.15) is 0 Å². The number of rotatable bonds is 7. The molecule has 0 saturated heterocycles.